The van der Waals surface area contributed by atoms with Gasteiger partial charge >= 0.3 is 0 Å². The summed E-state index contributed by atoms with van der Waals surface area (Å²) in [6.45, 7) is 11.7. The van der Waals surface area contributed by atoms with Crippen LogP contribution in [-0.4, -0.2) is 47.4 Å². The van der Waals surface area contributed by atoms with Gasteiger partial charge in [0.05, 0.1) is 25.6 Å². The summed E-state index contributed by atoms with van der Waals surface area (Å²) in [6, 6.07) is 15.0. The topological polar surface area (TPSA) is 81.4 Å². The number of nitrogens with zero attached hydrogens (tertiary/aromatic N) is 3. The number of hydrogen-bond donors (Lipinski definition) is 2. The first kappa shape index (κ1) is 30.2. The number of aliphatic hydroxyl groups is 1. The maximum atomic E-state index is 14.8. The predicted octanol–water partition coefficient (Wildman–Crippen LogP) is 7.53. The molecule has 0 unspecified atom stereocenters. The largest absolute Gasteiger partial charge is 0.497 e. The van der Waals surface area contributed by atoms with Crippen LogP contribution in [0.3, 0.4) is 0 Å². The zero-order valence-corrected chi connectivity index (χ0v) is 26.6. The Labute approximate surface area is 249 Å². The van der Waals surface area contributed by atoms with Crippen LogP contribution in [0.15, 0.2) is 54.7 Å². The molecule has 2 aromatic carbocycles. The van der Waals surface area contributed by atoms with Gasteiger partial charge in [0.25, 0.3) is 0 Å². The van der Waals surface area contributed by atoms with E-state index in [2.05, 4.69) is 39.2 Å². The number of hydrogen-bond acceptors (Lipinski definition) is 6. The van der Waals surface area contributed by atoms with Gasteiger partial charge in [0.1, 0.15) is 11.6 Å². The zero-order valence-electron chi connectivity index (χ0n) is 25.6. The molecule has 42 heavy (non-hydrogen) atoms. The lowest BCUT2D eigenvalue weighted by Crippen LogP contribution is -2.45. The first-order valence-electron chi connectivity index (χ1n) is 14.8. The van der Waals surface area contributed by atoms with Crippen LogP contribution in [0, 0.1) is 5.82 Å². The molecule has 1 aliphatic rings. The fourth-order valence-electron chi connectivity index (χ4n) is 5.41. The number of pyridine rings is 1. The average Bonchev–Trinajstić information content (AvgIpc) is 3.30. The molecular weight excluding hydrogens is 547 g/mol. The zero-order chi connectivity index (χ0) is 30.1. The number of aromatic nitrogens is 3. The molecule has 9 heteroatoms. The van der Waals surface area contributed by atoms with Gasteiger partial charge in [0.15, 0.2) is 19.8 Å². The van der Waals surface area contributed by atoms with Crippen molar-refractivity contribution in [3.63, 3.8) is 0 Å². The van der Waals surface area contributed by atoms with Crippen LogP contribution in [0.5, 0.6) is 5.75 Å². The van der Waals surface area contributed by atoms with Gasteiger partial charge in [-0.15, -0.1) is 0 Å². The average molecular weight is 591 g/mol. The van der Waals surface area contributed by atoms with Crippen molar-refractivity contribution in [2.24, 2.45) is 0 Å². The molecule has 2 N–H and O–H groups in total. The molecule has 0 saturated heterocycles. The van der Waals surface area contributed by atoms with Gasteiger partial charge in [-0.1, -0.05) is 45.0 Å². The molecule has 0 spiro atoms. The Morgan fingerprint density at radius 3 is 2.38 bits per heavy atom. The molecule has 0 atom stereocenters. The van der Waals surface area contributed by atoms with Crippen LogP contribution >= 0.6 is 0 Å². The van der Waals surface area contributed by atoms with Crippen molar-refractivity contribution in [3.05, 3.63) is 71.7 Å². The van der Waals surface area contributed by atoms with Gasteiger partial charge < -0.3 is 19.6 Å². The van der Waals surface area contributed by atoms with Gasteiger partial charge in [-0.3, -0.25) is 0 Å². The first-order valence-corrected chi connectivity index (χ1v) is 17.7. The van der Waals surface area contributed by atoms with Gasteiger partial charge in [-0.25, -0.2) is 14.1 Å². The highest BCUT2D eigenvalue weighted by Crippen LogP contribution is 2.40. The summed E-state index contributed by atoms with van der Waals surface area (Å²) in [5, 5.41) is 19.3. The molecule has 2 heterocycles. The highest BCUT2D eigenvalue weighted by molar-refractivity contribution is 6.74. The minimum absolute atomic E-state index is 0.190. The number of fused-ring (bicyclic) bond motifs is 1. The Bertz CT molecular complexity index is 1520. The van der Waals surface area contributed by atoms with Gasteiger partial charge in [0.2, 0.25) is 0 Å². The van der Waals surface area contributed by atoms with E-state index in [1.54, 1.807) is 19.4 Å². The molecule has 1 fully saturated rings. The molecular formula is C33H43FN4O3Si. The summed E-state index contributed by atoms with van der Waals surface area (Å²) < 4.78 is 28.7. The van der Waals surface area contributed by atoms with Gasteiger partial charge in [-0.05, 0) is 84.8 Å². The Morgan fingerprint density at radius 2 is 1.76 bits per heavy atom. The van der Waals surface area contributed by atoms with Crippen molar-refractivity contribution in [1.29, 1.82) is 0 Å². The van der Waals surface area contributed by atoms with Crippen LogP contribution in [0.4, 0.5) is 10.2 Å². The second-order valence-electron chi connectivity index (χ2n) is 12.9. The van der Waals surface area contributed by atoms with Crippen LogP contribution in [0.25, 0.3) is 22.2 Å². The molecule has 1 aliphatic carbocycles. The Balaban J connectivity index is 1.45. The van der Waals surface area contributed by atoms with E-state index < -0.39 is 14.1 Å². The third-order valence-electron chi connectivity index (χ3n) is 8.94. The van der Waals surface area contributed by atoms with E-state index in [0.717, 1.165) is 65.0 Å². The molecule has 4 aromatic rings. The number of halogens is 1. The monoisotopic (exact) mass is 590 g/mol. The van der Waals surface area contributed by atoms with E-state index >= 15 is 0 Å². The predicted molar refractivity (Wildman–Crippen MR) is 169 cm³/mol. The highest BCUT2D eigenvalue weighted by Gasteiger charge is 2.40. The fourth-order valence-corrected chi connectivity index (χ4v) is 6.83. The maximum absolute atomic E-state index is 14.8. The number of rotatable bonds is 9. The smallest absolute Gasteiger partial charge is 0.192 e. The first-order chi connectivity index (χ1) is 20.0. The number of nitrogens with one attached hydrogen (secondary N) is 1. The van der Waals surface area contributed by atoms with Crippen molar-refractivity contribution < 1.29 is 18.7 Å². The molecule has 2 aromatic heterocycles. The molecule has 7 nitrogen and oxygen atoms in total. The fraction of sp³-hybridized carbons (Fsp3) is 0.455. The number of ether oxygens (including phenoxy) is 1. The summed E-state index contributed by atoms with van der Waals surface area (Å²) in [4.78, 5) is 4.73. The minimum atomic E-state index is -1.82. The molecule has 224 valence electrons. The van der Waals surface area contributed by atoms with E-state index in [9.17, 15) is 9.50 Å². The van der Waals surface area contributed by atoms with Crippen LogP contribution in [-0.2, 0) is 17.6 Å². The van der Waals surface area contributed by atoms with Crippen molar-refractivity contribution in [2.45, 2.75) is 89.9 Å². The number of aliphatic hydroxyl groups excluding tert-OH is 1. The lowest BCUT2D eigenvalue weighted by molar-refractivity contribution is 0.133. The summed E-state index contributed by atoms with van der Waals surface area (Å²) in [5.74, 6) is 1.12. The highest BCUT2D eigenvalue weighted by atomic mass is 28.4. The molecule has 0 radical (unpaired) electrons. The summed E-state index contributed by atoms with van der Waals surface area (Å²) in [5.41, 5.74) is 3.64. The Kier molecular flexibility index (Phi) is 8.73. The third-order valence-corrected chi connectivity index (χ3v) is 13.5. The second-order valence-corrected chi connectivity index (χ2v) is 17.6. The number of methoxy groups -OCH3 is 1. The third kappa shape index (κ3) is 6.38. The number of anilines is 1. The summed E-state index contributed by atoms with van der Waals surface area (Å²) >= 11 is 0. The lowest BCUT2D eigenvalue weighted by Gasteiger charge is -2.41. The molecule has 0 bridgehead atoms. The quantitative estimate of drug-likeness (QED) is 0.196. The number of benzene rings is 2. The van der Waals surface area contributed by atoms with Crippen molar-refractivity contribution in [3.8, 4) is 16.9 Å². The van der Waals surface area contributed by atoms with E-state index in [1.165, 1.54) is 6.07 Å². The summed E-state index contributed by atoms with van der Waals surface area (Å²) in [6.07, 6.45) is 6.03. The van der Waals surface area contributed by atoms with Crippen molar-refractivity contribution in [1.82, 2.24) is 14.8 Å². The van der Waals surface area contributed by atoms with E-state index in [4.69, 9.17) is 19.2 Å². The SMILES string of the molecule is COc1ccc(Cn2nc(NC3CCC(O[Si](C)(C)C(C)(C)C)CC3)c3c(-c4ccc(CO)c(F)c4)ccnc32)cc1. The van der Waals surface area contributed by atoms with Crippen molar-refractivity contribution in [2.75, 3.05) is 12.4 Å². The molecule has 0 aliphatic heterocycles. The summed E-state index contributed by atoms with van der Waals surface area (Å²) in [7, 11) is -0.165. The lowest BCUT2D eigenvalue weighted by atomic mass is 9.93. The van der Waals surface area contributed by atoms with Crippen molar-refractivity contribution >= 4 is 25.2 Å². The minimum Gasteiger partial charge on any atom is -0.497 e. The van der Waals surface area contributed by atoms with Crippen LogP contribution in [0.1, 0.15) is 57.6 Å². The molecule has 0 amide bonds. The van der Waals surface area contributed by atoms with Gasteiger partial charge in [0, 0.05) is 23.9 Å². The van der Waals surface area contributed by atoms with E-state index in [0.29, 0.717) is 12.6 Å². The maximum Gasteiger partial charge on any atom is 0.192 e. The van der Waals surface area contributed by atoms with Gasteiger partial charge in [-0.2, -0.15) is 5.10 Å². The molecule has 1 saturated carbocycles. The second kappa shape index (κ2) is 12.1. The Morgan fingerprint density at radius 1 is 1.05 bits per heavy atom. The van der Waals surface area contributed by atoms with E-state index in [1.807, 2.05) is 41.1 Å². The van der Waals surface area contributed by atoms with E-state index in [-0.39, 0.29) is 23.3 Å². The Hall–Kier alpha value is -3.27. The standard InChI is InChI=1S/C33H43FN4O3Si/c1-33(2,3)42(5,6)41-27-15-11-25(12-16-27)36-31-30-28(23-9-10-24(21-39)29(34)19-23)17-18-35-32(30)38(37-31)20-22-7-13-26(40-4)14-8-22/h7-10,13-14,17-19,25,27,39H,11-12,15-16,20-21H2,1-6H3,(H,36,37). The van der Waals surface area contributed by atoms with Crippen LogP contribution < -0.4 is 10.1 Å². The molecule has 5 rings (SSSR count). The van der Waals surface area contributed by atoms with Crippen LogP contribution in [0.2, 0.25) is 18.1 Å². The normalized spacial score (nSPS) is 17.9.